The van der Waals surface area contributed by atoms with Crippen molar-refractivity contribution in [3.05, 3.63) is 29.1 Å². The Morgan fingerprint density at radius 1 is 1.55 bits per heavy atom. The number of aromatic amines is 2. The first kappa shape index (κ1) is 5.96. The van der Waals surface area contributed by atoms with Crippen molar-refractivity contribution in [2.24, 2.45) is 0 Å². The van der Waals surface area contributed by atoms with Gasteiger partial charge in [-0.1, -0.05) is 0 Å². The predicted octanol–water partition coefficient (Wildman–Crippen LogP) is 0.358. The van der Waals surface area contributed by atoms with Crippen LogP contribution in [0.2, 0.25) is 0 Å². The van der Waals surface area contributed by atoms with E-state index in [9.17, 15) is 4.79 Å². The fourth-order valence-corrected chi connectivity index (χ4v) is 0.806. The van der Waals surface area contributed by atoms with Crippen LogP contribution in [0.1, 0.15) is 0 Å². The van der Waals surface area contributed by atoms with E-state index in [1.54, 1.807) is 6.07 Å². The molecule has 2 aromatic rings. The summed E-state index contributed by atoms with van der Waals surface area (Å²) >= 11 is 0. The van der Waals surface area contributed by atoms with Crippen molar-refractivity contribution in [2.75, 3.05) is 0 Å². The van der Waals surface area contributed by atoms with E-state index in [0.29, 0.717) is 5.82 Å². The van der Waals surface area contributed by atoms with E-state index in [4.69, 9.17) is 4.42 Å². The van der Waals surface area contributed by atoms with Gasteiger partial charge < -0.3 is 4.42 Å². The van der Waals surface area contributed by atoms with Gasteiger partial charge in [0.2, 0.25) is 0 Å². The van der Waals surface area contributed by atoms with Crippen LogP contribution in [0.3, 0.4) is 0 Å². The van der Waals surface area contributed by atoms with Gasteiger partial charge in [-0.3, -0.25) is 4.98 Å². The Bertz CT molecular complexity index is 384. The number of nitrogens with zero attached hydrogens (tertiary/aromatic N) is 1. The van der Waals surface area contributed by atoms with Crippen LogP contribution in [0.5, 0.6) is 0 Å². The van der Waals surface area contributed by atoms with Crippen LogP contribution in [0.4, 0.5) is 0 Å². The molecular formula is C6H5N3O2. The molecule has 0 atom stereocenters. The van der Waals surface area contributed by atoms with Gasteiger partial charge in [-0.15, -0.1) is 0 Å². The number of aromatic nitrogens is 3. The summed E-state index contributed by atoms with van der Waals surface area (Å²) < 4.78 is 4.80. The number of furan rings is 1. The molecule has 0 aliphatic heterocycles. The van der Waals surface area contributed by atoms with Crippen molar-refractivity contribution < 1.29 is 4.42 Å². The Balaban J connectivity index is 2.53. The topological polar surface area (TPSA) is 74.7 Å². The van der Waals surface area contributed by atoms with E-state index < -0.39 is 0 Å². The van der Waals surface area contributed by atoms with Crippen LogP contribution in [-0.2, 0) is 0 Å². The molecule has 0 amide bonds. The molecule has 2 heterocycles. The third-order valence-corrected chi connectivity index (χ3v) is 1.30. The number of H-pyrrole nitrogens is 2. The van der Waals surface area contributed by atoms with Gasteiger partial charge in [0.25, 0.3) is 0 Å². The molecule has 0 unspecified atom stereocenters. The van der Waals surface area contributed by atoms with E-state index >= 15 is 0 Å². The largest absolute Gasteiger partial charge is 0.472 e. The Kier molecular flexibility index (Phi) is 1.15. The summed E-state index contributed by atoms with van der Waals surface area (Å²) in [5, 5.41) is 5.96. The van der Waals surface area contributed by atoms with E-state index in [2.05, 4.69) is 15.2 Å². The van der Waals surface area contributed by atoms with Gasteiger partial charge in [-0.25, -0.2) is 9.89 Å². The van der Waals surface area contributed by atoms with Gasteiger partial charge in [0.15, 0.2) is 5.82 Å². The van der Waals surface area contributed by atoms with Gasteiger partial charge in [-0.2, -0.15) is 5.10 Å². The maximum absolute atomic E-state index is 10.6. The maximum atomic E-state index is 10.6. The Hall–Kier alpha value is -1.78. The van der Waals surface area contributed by atoms with E-state index in [-0.39, 0.29) is 5.69 Å². The van der Waals surface area contributed by atoms with Crippen molar-refractivity contribution in [1.29, 1.82) is 0 Å². The first-order chi connectivity index (χ1) is 5.36. The molecule has 56 valence electrons. The molecule has 0 aromatic carbocycles. The molecular weight excluding hydrogens is 146 g/mol. The minimum absolute atomic E-state index is 0.318. The van der Waals surface area contributed by atoms with Crippen molar-refractivity contribution in [1.82, 2.24) is 15.2 Å². The molecule has 0 fully saturated rings. The van der Waals surface area contributed by atoms with Crippen LogP contribution in [0.25, 0.3) is 11.4 Å². The van der Waals surface area contributed by atoms with Gasteiger partial charge in [-0.05, 0) is 6.07 Å². The Labute approximate surface area is 61.1 Å². The van der Waals surface area contributed by atoms with Crippen molar-refractivity contribution in [3.63, 3.8) is 0 Å². The Morgan fingerprint density at radius 3 is 3.00 bits per heavy atom. The molecule has 0 aliphatic carbocycles. The number of hydrogen-bond donors (Lipinski definition) is 2. The highest BCUT2D eigenvalue weighted by atomic mass is 16.3. The maximum Gasteiger partial charge on any atom is 0.340 e. The summed E-state index contributed by atoms with van der Waals surface area (Å²) in [5.41, 5.74) is 0.435. The average Bonchev–Trinajstić information content (AvgIpc) is 2.55. The lowest BCUT2D eigenvalue weighted by Crippen LogP contribution is -2.00. The summed E-state index contributed by atoms with van der Waals surface area (Å²) in [6, 6.07) is 1.71. The van der Waals surface area contributed by atoms with Crippen molar-refractivity contribution in [3.8, 4) is 11.4 Å². The van der Waals surface area contributed by atoms with Crippen LogP contribution in [-0.4, -0.2) is 15.2 Å². The highest BCUT2D eigenvalue weighted by Crippen LogP contribution is 2.11. The minimum atomic E-state index is -0.318. The molecule has 0 spiro atoms. The minimum Gasteiger partial charge on any atom is -0.472 e. The molecule has 5 heteroatoms. The number of nitrogens with one attached hydrogen (secondary N) is 2. The molecule has 0 bridgehead atoms. The van der Waals surface area contributed by atoms with Gasteiger partial charge >= 0.3 is 5.69 Å². The fraction of sp³-hybridized carbons (Fsp3) is 0. The highest BCUT2D eigenvalue weighted by Gasteiger charge is 2.01. The molecule has 2 rings (SSSR count). The zero-order valence-corrected chi connectivity index (χ0v) is 5.50. The molecule has 5 nitrogen and oxygen atoms in total. The fourth-order valence-electron chi connectivity index (χ4n) is 0.806. The van der Waals surface area contributed by atoms with E-state index in [1.165, 1.54) is 12.5 Å². The quantitative estimate of drug-likeness (QED) is 0.617. The van der Waals surface area contributed by atoms with Gasteiger partial charge in [0.05, 0.1) is 11.8 Å². The third-order valence-electron chi connectivity index (χ3n) is 1.30. The molecule has 11 heavy (non-hydrogen) atoms. The molecule has 0 radical (unpaired) electrons. The van der Waals surface area contributed by atoms with Crippen LogP contribution in [0.15, 0.2) is 27.8 Å². The van der Waals surface area contributed by atoms with E-state index in [1.807, 2.05) is 0 Å². The lowest BCUT2D eigenvalue weighted by molar-refractivity contribution is 0.568. The lowest BCUT2D eigenvalue weighted by atomic mass is 10.3. The second-order valence-electron chi connectivity index (χ2n) is 2.04. The Morgan fingerprint density at radius 2 is 2.45 bits per heavy atom. The highest BCUT2D eigenvalue weighted by molar-refractivity contribution is 5.51. The molecule has 2 aromatic heterocycles. The average molecular weight is 151 g/mol. The first-order valence-corrected chi connectivity index (χ1v) is 3.03. The SMILES string of the molecule is O=c1[nH]nc(-c2ccoc2)[nH]1. The lowest BCUT2D eigenvalue weighted by Gasteiger charge is -1.81. The summed E-state index contributed by atoms with van der Waals surface area (Å²) in [6.45, 7) is 0. The monoisotopic (exact) mass is 151 g/mol. The first-order valence-electron chi connectivity index (χ1n) is 3.03. The van der Waals surface area contributed by atoms with Gasteiger partial charge in [0.1, 0.15) is 6.26 Å². The zero-order chi connectivity index (χ0) is 7.68. The molecule has 2 N–H and O–H groups in total. The second-order valence-corrected chi connectivity index (χ2v) is 2.04. The summed E-state index contributed by atoms with van der Waals surface area (Å²) in [7, 11) is 0. The van der Waals surface area contributed by atoms with Gasteiger partial charge in [0, 0.05) is 0 Å². The van der Waals surface area contributed by atoms with Crippen LogP contribution in [0, 0.1) is 0 Å². The van der Waals surface area contributed by atoms with Crippen molar-refractivity contribution >= 4 is 0 Å². The van der Waals surface area contributed by atoms with E-state index in [0.717, 1.165) is 5.56 Å². The summed E-state index contributed by atoms with van der Waals surface area (Å²) in [6.07, 6.45) is 3.02. The smallest absolute Gasteiger partial charge is 0.340 e. The normalized spacial score (nSPS) is 10.2. The number of rotatable bonds is 1. The summed E-state index contributed by atoms with van der Waals surface area (Å²) in [5.74, 6) is 0.490. The zero-order valence-electron chi connectivity index (χ0n) is 5.50. The van der Waals surface area contributed by atoms with Crippen molar-refractivity contribution in [2.45, 2.75) is 0 Å². The summed E-state index contributed by atoms with van der Waals surface area (Å²) in [4.78, 5) is 13.1. The molecule has 0 saturated carbocycles. The third kappa shape index (κ3) is 0.958. The molecule has 0 saturated heterocycles. The van der Waals surface area contributed by atoms with Crippen LogP contribution >= 0.6 is 0 Å². The molecule has 0 aliphatic rings. The predicted molar refractivity (Wildman–Crippen MR) is 36.9 cm³/mol. The standard InChI is InChI=1S/C6H5N3O2/c10-6-7-5(8-9-6)4-1-2-11-3-4/h1-3H,(H2,7,8,9,10). The second kappa shape index (κ2) is 2.12. The number of hydrogen-bond acceptors (Lipinski definition) is 3. The van der Waals surface area contributed by atoms with Crippen LogP contribution < -0.4 is 5.69 Å².